The van der Waals surface area contributed by atoms with Gasteiger partial charge in [-0.25, -0.2) is 4.79 Å². The Kier molecular flexibility index (Phi) is 3.34. The van der Waals surface area contributed by atoms with Gasteiger partial charge in [0.25, 0.3) is 0 Å². The Morgan fingerprint density at radius 2 is 2.25 bits per heavy atom. The molecule has 0 radical (unpaired) electrons. The number of rotatable bonds is 4. The Labute approximate surface area is 99.3 Å². The Bertz CT molecular complexity index is 399. The maximum Gasteiger partial charge on any atom is 0.338 e. The van der Waals surface area contributed by atoms with E-state index in [1.165, 1.54) is 0 Å². The van der Waals surface area contributed by atoms with E-state index < -0.39 is 0 Å². The Hall–Kier alpha value is -1.22. The summed E-state index contributed by atoms with van der Waals surface area (Å²) in [5.41, 5.74) is 0.454. The fraction of sp³-hybridized carbons (Fsp3) is 0.417. The topological polar surface area (TPSA) is 35.5 Å². The maximum absolute atomic E-state index is 11.4. The van der Waals surface area contributed by atoms with E-state index in [0.717, 1.165) is 12.8 Å². The zero-order valence-electron chi connectivity index (χ0n) is 9.03. The fourth-order valence-corrected chi connectivity index (χ4v) is 1.53. The minimum absolute atomic E-state index is 0.297. The van der Waals surface area contributed by atoms with Crippen molar-refractivity contribution < 1.29 is 14.3 Å². The summed E-state index contributed by atoms with van der Waals surface area (Å²) in [7, 11) is 0. The Balaban J connectivity index is 2.11. The molecule has 1 aliphatic rings. The number of hydrogen-bond acceptors (Lipinski definition) is 3. The molecule has 0 bridgehead atoms. The quantitative estimate of drug-likeness (QED) is 0.759. The number of ether oxygens (including phenoxy) is 2. The van der Waals surface area contributed by atoms with Gasteiger partial charge in [0.1, 0.15) is 5.75 Å². The molecule has 1 aromatic carbocycles. The van der Waals surface area contributed by atoms with Crippen LogP contribution < -0.4 is 4.74 Å². The second-order valence-corrected chi connectivity index (χ2v) is 4.09. The van der Waals surface area contributed by atoms with Crippen molar-refractivity contribution in [1.82, 2.24) is 0 Å². The molecule has 0 N–H and O–H groups in total. The summed E-state index contributed by atoms with van der Waals surface area (Å²) < 4.78 is 10.4. The summed E-state index contributed by atoms with van der Waals surface area (Å²) >= 11 is 6.01. The van der Waals surface area contributed by atoms with E-state index in [0.29, 0.717) is 29.0 Å². The summed E-state index contributed by atoms with van der Waals surface area (Å²) in [6, 6.07) is 4.96. The molecular weight excluding hydrogens is 228 g/mol. The van der Waals surface area contributed by atoms with E-state index in [4.69, 9.17) is 21.1 Å². The van der Waals surface area contributed by atoms with Crippen molar-refractivity contribution in [1.29, 1.82) is 0 Å². The molecule has 1 fully saturated rings. The van der Waals surface area contributed by atoms with Crippen LogP contribution in [-0.4, -0.2) is 18.7 Å². The number of benzene rings is 1. The van der Waals surface area contributed by atoms with Crippen LogP contribution in [0.1, 0.15) is 30.1 Å². The third kappa shape index (κ3) is 2.67. The van der Waals surface area contributed by atoms with Crippen LogP contribution >= 0.6 is 11.6 Å². The first kappa shape index (κ1) is 11.3. The Morgan fingerprint density at radius 1 is 1.50 bits per heavy atom. The lowest BCUT2D eigenvalue weighted by molar-refractivity contribution is 0.0526. The van der Waals surface area contributed by atoms with Gasteiger partial charge in [0.05, 0.1) is 23.3 Å². The van der Waals surface area contributed by atoms with Gasteiger partial charge in [-0.3, -0.25) is 0 Å². The van der Waals surface area contributed by atoms with Gasteiger partial charge < -0.3 is 9.47 Å². The minimum atomic E-state index is -0.359. The highest BCUT2D eigenvalue weighted by molar-refractivity contribution is 6.32. The smallest absolute Gasteiger partial charge is 0.338 e. The molecule has 0 atom stereocenters. The molecule has 0 aromatic heterocycles. The first-order valence-corrected chi connectivity index (χ1v) is 5.72. The lowest BCUT2D eigenvalue weighted by Gasteiger charge is -2.08. The second kappa shape index (κ2) is 4.74. The van der Waals surface area contributed by atoms with Crippen LogP contribution in [0.4, 0.5) is 0 Å². The Morgan fingerprint density at radius 3 is 2.81 bits per heavy atom. The molecule has 0 unspecified atom stereocenters. The molecule has 1 aromatic rings. The third-order valence-electron chi connectivity index (χ3n) is 2.26. The zero-order chi connectivity index (χ0) is 11.5. The SMILES string of the molecule is CCOC(=O)c1ccc(OC2CC2)c(Cl)c1. The molecule has 16 heavy (non-hydrogen) atoms. The van der Waals surface area contributed by atoms with Gasteiger partial charge in [0.2, 0.25) is 0 Å². The van der Waals surface area contributed by atoms with Crippen LogP contribution in [-0.2, 0) is 4.74 Å². The van der Waals surface area contributed by atoms with Crippen molar-refractivity contribution >= 4 is 17.6 Å². The molecule has 2 rings (SSSR count). The summed E-state index contributed by atoms with van der Waals surface area (Å²) in [4.78, 5) is 11.4. The van der Waals surface area contributed by atoms with E-state index in [2.05, 4.69) is 0 Å². The van der Waals surface area contributed by atoms with Gasteiger partial charge in [-0.15, -0.1) is 0 Å². The van der Waals surface area contributed by atoms with E-state index in [1.54, 1.807) is 25.1 Å². The first-order chi connectivity index (χ1) is 7.70. The average Bonchev–Trinajstić information content (AvgIpc) is 3.05. The number of hydrogen-bond donors (Lipinski definition) is 0. The zero-order valence-corrected chi connectivity index (χ0v) is 9.79. The molecule has 1 aliphatic carbocycles. The predicted molar refractivity (Wildman–Crippen MR) is 61.1 cm³/mol. The molecule has 0 aliphatic heterocycles. The highest BCUT2D eigenvalue weighted by atomic mass is 35.5. The average molecular weight is 241 g/mol. The van der Waals surface area contributed by atoms with Gasteiger partial charge in [0, 0.05) is 0 Å². The lowest BCUT2D eigenvalue weighted by Crippen LogP contribution is -2.05. The minimum Gasteiger partial charge on any atom is -0.489 e. The van der Waals surface area contributed by atoms with Crippen molar-refractivity contribution in [3.05, 3.63) is 28.8 Å². The van der Waals surface area contributed by atoms with E-state index >= 15 is 0 Å². The van der Waals surface area contributed by atoms with Gasteiger partial charge in [0.15, 0.2) is 0 Å². The standard InChI is InChI=1S/C12H13ClO3/c1-2-15-12(14)8-3-6-11(10(13)7-8)16-9-4-5-9/h3,6-7,9H,2,4-5H2,1H3. The predicted octanol–water partition coefficient (Wildman–Crippen LogP) is 3.06. The fourth-order valence-electron chi connectivity index (χ4n) is 1.30. The monoisotopic (exact) mass is 240 g/mol. The summed E-state index contributed by atoms with van der Waals surface area (Å²) in [5, 5.41) is 0.456. The molecule has 0 spiro atoms. The third-order valence-corrected chi connectivity index (χ3v) is 2.56. The largest absolute Gasteiger partial charge is 0.489 e. The van der Waals surface area contributed by atoms with Crippen LogP contribution in [0, 0.1) is 0 Å². The van der Waals surface area contributed by atoms with Crippen LogP contribution in [0.2, 0.25) is 5.02 Å². The molecular formula is C12H13ClO3. The van der Waals surface area contributed by atoms with Crippen molar-refractivity contribution in [3.8, 4) is 5.75 Å². The lowest BCUT2D eigenvalue weighted by atomic mass is 10.2. The number of esters is 1. The van der Waals surface area contributed by atoms with Crippen molar-refractivity contribution in [2.24, 2.45) is 0 Å². The summed E-state index contributed by atoms with van der Waals surface area (Å²) in [6.07, 6.45) is 2.46. The molecule has 1 saturated carbocycles. The summed E-state index contributed by atoms with van der Waals surface area (Å²) in [6.45, 7) is 2.13. The number of carbonyl (C=O) groups excluding carboxylic acids is 1. The van der Waals surface area contributed by atoms with Gasteiger partial charge in [-0.1, -0.05) is 11.6 Å². The highest BCUT2D eigenvalue weighted by Gasteiger charge is 2.24. The first-order valence-electron chi connectivity index (χ1n) is 5.34. The molecule has 0 saturated heterocycles. The number of carbonyl (C=O) groups is 1. The summed E-state index contributed by atoms with van der Waals surface area (Å²) in [5.74, 6) is 0.277. The number of halogens is 1. The van der Waals surface area contributed by atoms with Crippen molar-refractivity contribution in [2.75, 3.05) is 6.61 Å². The molecule has 4 heteroatoms. The molecule has 86 valence electrons. The van der Waals surface area contributed by atoms with Crippen LogP contribution in [0.5, 0.6) is 5.75 Å². The van der Waals surface area contributed by atoms with Crippen LogP contribution in [0.15, 0.2) is 18.2 Å². The normalized spacial score (nSPS) is 14.6. The van der Waals surface area contributed by atoms with Gasteiger partial charge in [-0.2, -0.15) is 0 Å². The van der Waals surface area contributed by atoms with E-state index in [9.17, 15) is 4.79 Å². The van der Waals surface area contributed by atoms with Crippen molar-refractivity contribution in [2.45, 2.75) is 25.9 Å². The maximum atomic E-state index is 11.4. The molecule has 0 heterocycles. The molecule has 0 amide bonds. The highest BCUT2D eigenvalue weighted by Crippen LogP contribution is 2.32. The van der Waals surface area contributed by atoms with Crippen LogP contribution in [0.3, 0.4) is 0 Å². The molecule has 3 nitrogen and oxygen atoms in total. The van der Waals surface area contributed by atoms with Crippen molar-refractivity contribution in [3.63, 3.8) is 0 Å². The van der Waals surface area contributed by atoms with Gasteiger partial charge in [-0.05, 0) is 38.0 Å². The van der Waals surface area contributed by atoms with Gasteiger partial charge >= 0.3 is 5.97 Å². The van der Waals surface area contributed by atoms with E-state index in [-0.39, 0.29) is 5.97 Å². The second-order valence-electron chi connectivity index (χ2n) is 3.68. The van der Waals surface area contributed by atoms with Crippen LogP contribution in [0.25, 0.3) is 0 Å². The van der Waals surface area contributed by atoms with E-state index in [1.807, 2.05) is 0 Å².